The molecule has 0 spiro atoms. The lowest BCUT2D eigenvalue weighted by molar-refractivity contribution is -0.144. The minimum Gasteiger partial charge on any atom is -0.493 e. The number of hydrogen-bond acceptors (Lipinski definition) is 5. The highest BCUT2D eigenvalue weighted by molar-refractivity contribution is 6.35. The summed E-state index contributed by atoms with van der Waals surface area (Å²) < 4.78 is 50.1. The molecular formula is C17H12Cl2F3N3O2. The number of aromatic nitrogens is 2. The Kier molecular flexibility index (Phi) is 5.21. The molecule has 142 valence electrons. The van der Waals surface area contributed by atoms with Crippen molar-refractivity contribution in [2.45, 2.75) is 6.18 Å². The van der Waals surface area contributed by atoms with E-state index in [1.165, 1.54) is 44.6 Å². The van der Waals surface area contributed by atoms with Crippen LogP contribution in [0.15, 0.2) is 30.3 Å². The molecule has 0 aliphatic rings. The highest BCUT2D eigenvalue weighted by Gasteiger charge is 2.35. The summed E-state index contributed by atoms with van der Waals surface area (Å²) in [7, 11) is 2.79. The quantitative estimate of drug-likeness (QED) is 0.588. The molecule has 0 saturated heterocycles. The molecule has 0 unspecified atom stereocenters. The molecule has 27 heavy (non-hydrogen) atoms. The molecule has 0 aliphatic carbocycles. The zero-order valence-electron chi connectivity index (χ0n) is 14.0. The van der Waals surface area contributed by atoms with Gasteiger partial charge in [-0.15, -0.1) is 0 Å². The molecular weight excluding hydrogens is 406 g/mol. The molecule has 1 aromatic heterocycles. The summed E-state index contributed by atoms with van der Waals surface area (Å²) in [4.78, 5) is 7.23. The molecule has 0 bridgehead atoms. The van der Waals surface area contributed by atoms with Gasteiger partial charge in [0.2, 0.25) is 5.82 Å². The average Bonchev–Trinajstić information content (AvgIpc) is 2.58. The molecule has 0 atom stereocenters. The van der Waals surface area contributed by atoms with E-state index in [0.29, 0.717) is 26.9 Å². The highest BCUT2D eigenvalue weighted by atomic mass is 35.5. The molecule has 0 radical (unpaired) electrons. The summed E-state index contributed by atoms with van der Waals surface area (Å²) in [5.74, 6) is -0.807. The zero-order chi connectivity index (χ0) is 19.8. The van der Waals surface area contributed by atoms with Crippen LogP contribution >= 0.6 is 23.2 Å². The van der Waals surface area contributed by atoms with Gasteiger partial charge in [0.25, 0.3) is 0 Å². The van der Waals surface area contributed by atoms with E-state index in [1.54, 1.807) is 0 Å². The van der Waals surface area contributed by atoms with Gasteiger partial charge >= 0.3 is 6.18 Å². The van der Waals surface area contributed by atoms with Gasteiger partial charge in [0.05, 0.1) is 19.7 Å². The summed E-state index contributed by atoms with van der Waals surface area (Å²) in [6, 6.07) is 7.36. The number of nitrogens with zero attached hydrogens (tertiary/aromatic N) is 2. The van der Waals surface area contributed by atoms with Gasteiger partial charge in [0.15, 0.2) is 11.5 Å². The van der Waals surface area contributed by atoms with E-state index in [9.17, 15) is 13.2 Å². The number of anilines is 2. The third-order valence-corrected chi connectivity index (χ3v) is 4.02. The second kappa shape index (κ2) is 7.28. The SMILES string of the molecule is COc1cc2nc(C(F)(F)F)nc(Nc3cc(Cl)cc(Cl)c3)c2cc1OC. The standard InChI is InChI=1S/C17H12Cl2F3N3O2/c1-26-13-6-11-12(7-14(13)27-2)24-16(17(20,21)22)25-15(11)23-10-4-8(18)3-9(19)5-10/h3-7H,1-2H3,(H,23,24,25). The van der Waals surface area contributed by atoms with Crippen LogP contribution in [0.4, 0.5) is 24.7 Å². The van der Waals surface area contributed by atoms with Crippen LogP contribution in [0.1, 0.15) is 5.82 Å². The van der Waals surface area contributed by atoms with E-state index in [2.05, 4.69) is 15.3 Å². The van der Waals surface area contributed by atoms with E-state index in [4.69, 9.17) is 32.7 Å². The van der Waals surface area contributed by atoms with E-state index in [-0.39, 0.29) is 17.1 Å². The van der Waals surface area contributed by atoms with Crippen LogP contribution in [0.2, 0.25) is 10.0 Å². The van der Waals surface area contributed by atoms with Crippen LogP contribution in [0.25, 0.3) is 10.9 Å². The lowest BCUT2D eigenvalue weighted by atomic mass is 10.2. The lowest BCUT2D eigenvalue weighted by Gasteiger charge is -2.15. The number of rotatable bonds is 4. The van der Waals surface area contributed by atoms with Crippen molar-refractivity contribution in [2.24, 2.45) is 0 Å². The first kappa shape index (κ1) is 19.3. The Morgan fingerprint density at radius 1 is 0.889 bits per heavy atom. The Balaban J connectivity index is 2.24. The number of alkyl halides is 3. The van der Waals surface area contributed by atoms with Gasteiger partial charge in [0.1, 0.15) is 5.82 Å². The molecule has 1 N–H and O–H groups in total. The summed E-state index contributed by atoms with van der Waals surface area (Å²) in [5, 5.41) is 3.75. The van der Waals surface area contributed by atoms with Gasteiger partial charge in [-0.2, -0.15) is 13.2 Å². The smallest absolute Gasteiger partial charge is 0.451 e. The summed E-state index contributed by atoms with van der Waals surface area (Å²) in [6.45, 7) is 0. The van der Waals surface area contributed by atoms with E-state index < -0.39 is 12.0 Å². The maximum atomic E-state index is 13.2. The van der Waals surface area contributed by atoms with Gasteiger partial charge in [-0.25, -0.2) is 9.97 Å². The molecule has 0 fully saturated rings. The first-order chi connectivity index (χ1) is 12.7. The Labute approximate surface area is 162 Å². The predicted molar refractivity (Wildman–Crippen MR) is 97.4 cm³/mol. The first-order valence-electron chi connectivity index (χ1n) is 7.45. The normalized spacial score (nSPS) is 11.5. The molecule has 3 aromatic rings. The molecule has 0 amide bonds. The largest absolute Gasteiger partial charge is 0.493 e. The first-order valence-corrected chi connectivity index (χ1v) is 8.21. The second-order valence-corrected chi connectivity index (χ2v) is 6.27. The highest BCUT2D eigenvalue weighted by Crippen LogP contribution is 2.37. The third-order valence-electron chi connectivity index (χ3n) is 3.58. The summed E-state index contributed by atoms with van der Waals surface area (Å²) >= 11 is 11.9. The van der Waals surface area contributed by atoms with Gasteiger partial charge < -0.3 is 14.8 Å². The van der Waals surface area contributed by atoms with Crippen LogP contribution in [0.5, 0.6) is 11.5 Å². The van der Waals surface area contributed by atoms with Crippen molar-refractivity contribution in [1.82, 2.24) is 9.97 Å². The fourth-order valence-electron chi connectivity index (χ4n) is 2.44. The van der Waals surface area contributed by atoms with Crippen molar-refractivity contribution in [3.63, 3.8) is 0 Å². The van der Waals surface area contributed by atoms with Gasteiger partial charge in [-0.3, -0.25) is 0 Å². The molecule has 2 aromatic carbocycles. The Hall–Kier alpha value is -2.45. The number of halogens is 5. The van der Waals surface area contributed by atoms with E-state index in [0.717, 1.165) is 0 Å². The molecule has 0 saturated carbocycles. The van der Waals surface area contributed by atoms with Crippen LogP contribution in [0, 0.1) is 0 Å². The number of fused-ring (bicyclic) bond motifs is 1. The molecule has 0 aliphatic heterocycles. The number of benzene rings is 2. The number of ether oxygens (including phenoxy) is 2. The zero-order valence-corrected chi connectivity index (χ0v) is 15.5. The topological polar surface area (TPSA) is 56.3 Å². The van der Waals surface area contributed by atoms with Crippen molar-refractivity contribution in [2.75, 3.05) is 19.5 Å². The molecule has 10 heteroatoms. The molecule has 3 rings (SSSR count). The maximum absolute atomic E-state index is 13.2. The minimum atomic E-state index is -4.73. The Bertz CT molecular complexity index is 993. The second-order valence-electron chi connectivity index (χ2n) is 5.40. The van der Waals surface area contributed by atoms with Crippen LogP contribution < -0.4 is 14.8 Å². The van der Waals surface area contributed by atoms with E-state index >= 15 is 0 Å². The van der Waals surface area contributed by atoms with Gasteiger partial charge in [-0.1, -0.05) is 23.2 Å². The van der Waals surface area contributed by atoms with Crippen LogP contribution in [-0.4, -0.2) is 24.2 Å². The van der Waals surface area contributed by atoms with Crippen molar-refractivity contribution < 1.29 is 22.6 Å². The fraction of sp³-hybridized carbons (Fsp3) is 0.176. The van der Waals surface area contributed by atoms with Crippen molar-refractivity contribution in [1.29, 1.82) is 0 Å². The minimum absolute atomic E-state index is 0.0330. The van der Waals surface area contributed by atoms with Crippen molar-refractivity contribution in [3.8, 4) is 11.5 Å². The van der Waals surface area contributed by atoms with Crippen LogP contribution in [0.3, 0.4) is 0 Å². The molecule has 1 heterocycles. The van der Waals surface area contributed by atoms with E-state index in [1.807, 2.05) is 0 Å². The third kappa shape index (κ3) is 4.12. The van der Waals surface area contributed by atoms with Crippen molar-refractivity contribution in [3.05, 3.63) is 46.2 Å². The molecule has 5 nitrogen and oxygen atoms in total. The monoisotopic (exact) mass is 417 g/mol. The average molecular weight is 418 g/mol. The van der Waals surface area contributed by atoms with Gasteiger partial charge in [-0.05, 0) is 24.3 Å². The Morgan fingerprint density at radius 2 is 1.48 bits per heavy atom. The predicted octanol–water partition coefficient (Wildman–Crippen LogP) is 5.72. The number of methoxy groups -OCH3 is 2. The van der Waals surface area contributed by atoms with Crippen LogP contribution in [-0.2, 0) is 6.18 Å². The summed E-state index contributed by atoms with van der Waals surface area (Å²) in [6.07, 6.45) is -4.73. The maximum Gasteiger partial charge on any atom is 0.451 e. The number of hydrogen-bond donors (Lipinski definition) is 1. The summed E-state index contributed by atoms with van der Waals surface area (Å²) in [5.41, 5.74) is 0.404. The fourth-order valence-corrected chi connectivity index (χ4v) is 2.97. The lowest BCUT2D eigenvalue weighted by Crippen LogP contribution is -2.13. The van der Waals surface area contributed by atoms with Gasteiger partial charge in [0, 0.05) is 27.2 Å². The van der Waals surface area contributed by atoms with Crippen molar-refractivity contribution >= 4 is 45.6 Å². The Morgan fingerprint density at radius 3 is 2.04 bits per heavy atom. The number of nitrogens with one attached hydrogen (secondary N) is 1.